The molecular formula is C13H15N3O3. The molecule has 6 heteroatoms. The van der Waals surface area contributed by atoms with Crippen molar-refractivity contribution in [2.24, 2.45) is 12.8 Å². The van der Waals surface area contributed by atoms with Gasteiger partial charge in [-0.25, -0.2) is 4.68 Å². The van der Waals surface area contributed by atoms with Crippen LogP contribution in [-0.4, -0.2) is 20.8 Å². The van der Waals surface area contributed by atoms with E-state index in [1.807, 2.05) is 6.92 Å². The molecule has 19 heavy (non-hydrogen) atoms. The van der Waals surface area contributed by atoms with Crippen LogP contribution in [0.15, 0.2) is 18.2 Å². The third-order valence-electron chi connectivity index (χ3n) is 2.67. The molecule has 0 fully saturated rings. The molecule has 0 spiro atoms. The lowest BCUT2D eigenvalue weighted by atomic mass is 10.2. The topological polar surface area (TPSA) is 90.4 Å². The summed E-state index contributed by atoms with van der Waals surface area (Å²) < 4.78 is 7.06. The number of phenols is 1. The standard InChI is InChI=1S/C13H15N3O3/c1-7-4-9(17)6-10(5-7)19-13-11(12(14)18)8(2)15-16(13)3/h4-6,17H,1-3H3,(H2,14,18). The fourth-order valence-electron chi connectivity index (χ4n) is 1.94. The molecule has 100 valence electrons. The van der Waals surface area contributed by atoms with E-state index in [0.717, 1.165) is 5.56 Å². The first kappa shape index (κ1) is 12.9. The summed E-state index contributed by atoms with van der Waals surface area (Å²) in [6.07, 6.45) is 0. The highest BCUT2D eigenvalue weighted by Crippen LogP contribution is 2.29. The van der Waals surface area contributed by atoms with Gasteiger partial charge in [0.05, 0.1) is 5.69 Å². The Bertz CT molecular complexity index is 627. The van der Waals surface area contributed by atoms with Gasteiger partial charge in [-0.2, -0.15) is 5.10 Å². The third-order valence-corrected chi connectivity index (χ3v) is 2.67. The van der Waals surface area contributed by atoms with E-state index in [2.05, 4.69) is 5.10 Å². The van der Waals surface area contributed by atoms with Crippen molar-refractivity contribution in [2.75, 3.05) is 0 Å². The van der Waals surface area contributed by atoms with Crippen LogP contribution in [0.1, 0.15) is 21.6 Å². The van der Waals surface area contributed by atoms with Crippen molar-refractivity contribution in [3.8, 4) is 17.4 Å². The smallest absolute Gasteiger partial charge is 0.256 e. The Morgan fingerprint density at radius 1 is 1.37 bits per heavy atom. The van der Waals surface area contributed by atoms with E-state index >= 15 is 0 Å². The van der Waals surface area contributed by atoms with Crippen molar-refractivity contribution in [1.29, 1.82) is 0 Å². The third kappa shape index (κ3) is 2.52. The molecule has 0 unspecified atom stereocenters. The molecule has 1 aromatic heterocycles. The number of benzene rings is 1. The second-order valence-corrected chi connectivity index (χ2v) is 4.36. The van der Waals surface area contributed by atoms with Crippen molar-refractivity contribution in [2.45, 2.75) is 13.8 Å². The molecule has 6 nitrogen and oxygen atoms in total. The number of phenolic OH excluding ortho intramolecular Hbond substituents is 1. The quantitative estimate of drug-likeness (QED) is 0.878. The van der Waals surface area contributed by atoms with E-state index in [1.54, 1.807) is 26.1 Å². The molecule has 2 rings (SSSR count). The number of nitrogens with two attached hydrogens (primary N) is 1. The van der Waals surface area contributed by atoms with Gasteiger partial charge in [0.1, 0.15) is 17.1 Å². The van der Waals surface area contributed by atoms with Crippen LogP contribution in [0, 0.1) is 13.8 Å². The van der Waals surface area contributed by atoms with Crippen LogP contribution in [0.3, 0.4) is 0 Å². The van der Waals surface area contributed by atoms with Gasteiger partial charge in [0, 0.05) is 13.1 Å². The minimum atomic E-state index is -0.600. The second kappa shape index (κ2) is 4.64. The van der Waals surface area contributed by atoms with Gasteiger partial charge in [0.15, 0.2) is 0 Å². The van der Waals surface area contributed by atoms with E-state index in [-0.39, 0.29) is 17.2 Å². The van der Waals surface area contributed by atoms with Crippen LogP contribution < -0.4 is 10.5 Å². The van der Waals surface area contributed by atoms with Crippen LogP contribution in [0.5, 0.6) is 17.4 Å². The summed E-state index contributed by atoms with van der Waals surface area (Å²) in [7, 11) is 1.66. The van der Waals surface area contributed by atoms with E-state index in [1.165, 1.54) is 10.7 Å². The van der Waals surface area contributed by atoms with Gasteiger partial charge < -0.3 is 15.6 Å². The Kier molecular flexibility index (Phi) is 3.16. The molecule has 1 amide bonds. The molecular weight excluding hydrogens is 246 g/mol. The zero-order valence-corrected chi connectivity index (χ0v) is 11.0. The summed E-state index contributed by atoms with van der Waals surface area (Å²) in [5.74, 6) is 0.171. The molecule has 1 aromatic carbocycles. The first-order valence-corrected chi connectivity index (χ1v) is 5.70. The van der Waals surface area contributed by atoms with Crippen LogP contribution in [0.2, 0.25) is 0 Å². The zero-order chi connectivity index (χ0) is 14.2. The predicted octanol–water partition coefficient (Wildman–Crippen LogP) is 1.63. The largest absolute Gasteiger partial charge is 0.508 e. The van der Waals surface area contributed by atoms with Crippen LogP contribution in [-0.2, 0) is 7.05 Å². The highest BCUT2D eigenvalue weighted by Gasteiger charge is 2.20. The first-order valence-electron chi connectivity index (χ1n) is 5.70. The van der Waals surface area contributed by atoms with Gasteiger partial charge in [-0.1, -0.05) is 0 Å². The maximum absolute atomic E-state index is 11.4. The predicted molar refractivity (Wildman–Crippen MR) is 69.4 cm³/mol. The van der Waals surface area contributed by atoms with Gasteiger partial charge in [0.25, 0.3) is 5.91 Å². The van der Waals surface area contributed by atoms with Crippen molar-refractivity contribution >= 4 is 5.91 Å². The molecule has 0 atom stereocenters. The normalized spacial score (nSPS) is 10.5. The maximum Gasteiger partial charge on any atom is 0.256 e. The molecule has 0 aliphatic carbocycles. The summed E-state index contributed by atoms with van der Waals surface area (Å²) in [5.41, 5.74) is 6.90. The molecule has 0 saturated carbocycles. The SMILES string of the molecule is Cc1cc(O)cc(Oc2c(C(N)=O)c(C)nn2C)c1. The number of nitrogens with zero attached hydrogens (tertiary/aromatic N) is 2. The lowest BCUT2D eigenvalue weighted by molar-refractivity contribution is 0.0997. The molecule has 0 saturated heterocycles. The number of amides is 1. The molecule has 0 aliphatic rings. The lowest BCUT2D eigenvalue weighted by Gasteiger charge is -2.08. The molecule has 0 bridgehead atoms. The van der Waals surface area contributed by atoms with Crippen LogP contribution >= 0.6 is 0 Å². The van der Waals surface area contributed by atoms with E-state index in [0.29, 0.717) is 11.4 Å². The van der Waals surface area contributed by atoms with Crippen molar-refractivity contribution < 1.29 is 14.6 Å². The lowest BCUT2D eigenvalue weighted by Crippen LogP contribution is -2.13. The number of aromatic nitrogens is 2. The highest BCUT2D eigenvalue weighted by atomic mass is 16.5. The number of carbonyl (C=O) groups excluding carboxylic acids is 1. The highest BCUT2D eigenvalue weighted by molar-refractivity contribution is 5.96. The summed E-state index contributed by atoms with van der Waals surface area (Å²) in [5, 5.41) is 13.6. The summed E-state index contributed by atoms with van der Waals surface area (Å²) in [6, 6.07) is 4.81. The van der Waals surface area contributed by atoms with Crippen LogP contribution in [0.4, 0.5) is 0 Å². The van der Waals surface area contributed by atoms with Gasteiger partial charge in [0.2, 0.25) is 5.88 Å². The van der Waals surface area contributed by atoms with Crippen LogP contribution in [0.25, 0.3) is 0 Å². The number of primary amides is 1. The first-order chi connectivity index (χ1) is 8.88. The maximum atomic E-state index is 11.4. The van der Waals surface area contributed by atoms with Crippen molar-refractivity contribution in [3.63, 3.8) is 0 Å². The van der Waals surface area contributed by atoms with Gasteiger partial charge in [-0.05, 0) is 31.5 Å². The minimum absolute atomic E-state index is 0.0921. The summed E-state index contributed by atoms with van der Waals surface area (Å²) in [6.45, 7) is 3.51. The van der Waals surface area contributed by atoms with Crippen molar-refractivity contribution in [1.82, 2.24) is 9.78 Å². The number of hydrogen-bond acceptors (Lipinski definition) is 4. The Morgan fingerprint density at radius 3 is 2.63 bits per heavy atom. The number of carbonyl (C=O) groups is 1. The average Bonchev–Trinajstić information content (AvgIpc) is 2.52. The molecule has 1 heterocycles. The molecule has 3 N–H and O–H groups in total. The van der Waals surface area contributed by atoms with E-state index < -0.39 is 5.91 Å². The fourth-order valence-corrected chi connectivity index (χ4v) is 1.94. The molecule has 0 radical (unpaired) electrons. The van der Waals surface area contributed by atoms with E-state index in [4.69, 9.17) is 10.5 Å². The number of ether oxygens (including phenoxy) is 1. The minimum Gasteiger partial charge on any atom is -0.508 e. The Balaban J connectivity index is 2.46. The second-order valence-electron chi connectivity index (χ2n) is 4.36. The Morgan fingerprint density at radius 2 is 2.05 bits per heavy atom. The monoisotopic (exact) mass is 261 g/mol. The number of aryl methyl sites for hydroxylation is 3. The van der Waals surface area contributed by atoms with Crippen molar-refractivity contribution in [3.05, 3.63) is 35.0 Å². The average molecular weight is 261 g/mol. The zero-order valence-electron chi connectivity index (χ0n) is 11.0. The van der Waals surface area contributed by atoms with Gasteiger partial charge >= 0.3 is 0 Å². The Labute approximate surface area is 110 Å². The number of rotatable bonds is 3. The summed E-state index contributed by atoms with van der Waals surface area (Å²) >= 11 is 0. The number of aromatic hydroxyl groups is 1. The van der Waals surface area contributed by atoms with Gasteiger partial charge in [-0.15, -0.1) is 0 Å². The Hall–Kier alpha value is -2.50. The van der Waals surface area contributed by atoms with Gasteiger partial charge in [-0.3, -0.25) is 4.79 Å². The van der Waals surface area contributed by atoms with E-state index in [9.17, 15) is 9.90 Å². The molecule has 0 aliphatic heterocycles. The molecule has 2 aromatic rings. The fraction of sp³-hybridized carbons (Fsp3) is 0.231. The number of hydrogen-bond donors (Lipinski definition) is 2. The summed E-state index contributed by atoms with van der Waals surface area (Å²) in [4.78, 5) is 11.4.